The molecule has 7 heteroatoms. The number of piperidine rings is 1. The second kappa shape index (κ2) is 10.6. The van der Waals surface area contributed by atoms with Crippen LogP contribution >= 0.6 is 0 Å². The van der Waals surface area contributed by atoms with Gasteiger partial charge in [-0.05, 0) is 44.4 Å². The first-order valence-electron chi connectivity index (χ1n) is 12.1. The number of ether oxygens (including phenoxy) is 2. The van der Waals surface area contributed by atoms with Crippen LogP contribution in [0.25, 0.3) is 0 Å². The molecular weight excluding hydrogens is 432 g/mol. The zero-order valence-electron chi connectivity index (χ0n) is 20.0. The monoisotopic (exact) mass is 466 g/mol. The molecule has 3 atom stereocenters. The Morgan fingerprint density at radius 3 is 2.68 bits per heavy atom. The number of hydrogen-bond donors (Lipinski definition) is 2. The number of amides is 1. The zero-order chi connectivity index (χ0) is 24.1. The number of likely N-dealkylation sites (tertiary alicyclic amines) is 1. The summed E-state index contributed by atoms with van der Waals surface area (Å²) < 4.78 is 10.8. The normalized spacial score (nSPS) is 24.7. The molecule has 1 heterocycles. The Kier molecular flexibility index (Phi) is 7.54. The van der Waals surface area contributed by atoms with Gasteiger partial charge in [0.25, 0.3) is 0 Å². The van der Waals surface area contributed by atoms with E-state index in [-0.39, 0.29) is 31.0 Å². The first-order chi connectivity index (χ1) is 16.5. The van der Waals surface area contributed by atoms with Crippen LogP contribution in [-0.4, -0.2) is 54.3 Å². The Balaban J connectivity index is 1.59. The third-order valence-corrected chi connectivity index (χ3v) is 7.17. The molecule has 1 saturated carbocycles. The van der Waals surface area contributed by atoms with E-state index >= 15 is 0 Å². The van der Waals surface area contributed by atoms with Gasteiger partial charge in [-0.15, -0.1) is 0 Å². The summed E-state index contributed by atoms with van der Waals surface area (Å²) in [6, 6.07) is 14.6. The minimum Gasteiger partial charge on any atom is -0.496 e. The van der Waals surface area contributed by atoms with Crippen LogP contribution in [0.4, 0.5) is 5.69 Å². The molecule has 182 valence electrons. The SMILES string of the molecule is CCOC(=O)c1ccccc1NC(=O)CN1CC[C@]2(O)CCCC[C@@H]2[C@@H]1c1ccccc1OC. The molecule has 2 aromatic carbocycles. The van der Waals surface area contributed by atoms with Crippen LogP contribution in [-0.2, 0) is 9.53 Å². The topological polar surface area (TPSA) is 88.1 Å². The quantitative estimate of drug-likeness (QED) is 0.596. The highest BCUT2D eigenvalue weighted by atomic mass is 16.5. The van der Waals surface area contributed by atoms with Crippen molar-refractivity contribution in [1.29, 1.82) is 0 Å². The van der Waals surface area contributed by atoms with Gasteiger partial charge in [-0.25, -0.2) is 4.79 Å². The molecule has 0 aromatic heterocycles. The smallest absolute Gasteiger partial charge is 0.340 e. The second-order valence-electron chi connectivity index (χ2n) is 9.18. The molecule has 4 rings (SSSR count). The second-order valence-corrected chi connectivity index (χ2v) is 9.18. The fraction of sp³-hybridized carbons (Fsp3) is 0.481. The van der Waals surface area contributed by atoms with Crippen molar-refractivity contribution in [3.8, 4) is 5.75 Å². The summed E-state index contributed by atoms with van der Waals surface area (Å²) in [5, 5.41) is 14.4. The van der Waals surface area contributed by atoms with E-state index in [9.17, 15) is 14.7 Å². The van der Waals surface area contributed by atoms with Gasteiger partial charge >= 0.3 is 5.97 Å². The van der Waals surface area contributed by atoms with Crippen LogP contribution in [0.5, 0.6) is 5.75 Å². The molecule has 2 aromatic rings. The number of carbonyl (C=O) groups is 2. The summed E-state index contributed by atoms with van der Waals surface area (Å²) in [6.45, 7) is 2.76. The molecule has 1 saturated heterocycles. The maximum atomic E-state index is 13.2. The molecule has 0 bridgehead atoms. The summed E-state index contributed by atoms with van der Waals surface area (Å²) in [5.41, 5.74) is 1.03. The molecule has 34 heavy (non-hydrogen) atoms. The van der Waals surface area contributed by atoms with E-state index in [1.54, 1.807) is 38.3 Å². The van der Waals surface area contributed by atoms with Crippen LogP contribution < -0.4 is 10.1 Å². The largest absolute Gasteiger partial charge is 0.496 e. The number of benzene rings is 2. The fourth-order valence-electron chi connectivity index (χ4n) is 5.60. The average molecular weight is 467 g/mol. The lowest BCUT2D eigenvalue weighted by Gasteiger charge is -2.52. The van der Waals surface area contributed by atoms with Crippen LogP contribution in [0.2, 0.25) is 0 Å². The fourth-order valence-corrected chi connectivity index (χ4v) is 5.60. The molecule has 7 nitrogen and oxygen atoms in total. The summed E-state index contributed by atoms with van der Waals surface area (Å²) in [7, 11) is 1.65. The van der Waals surface area contributed by atoms with Gasteiger partial charge in [0.1, 0.15) is 5.75 Å². The molecule has 2 fully saturated rings. The van der Waals surface area contributed by atoms with Crippen molar-refractivity contribution in [1.82, 2.24) is 4.90 Å². The maximum absolute atomic E-state index is 13.2. The van der Waals surface area contributed by atoms with Crippen LogP contribution in [0.15, 0.2) is 48.5 Å². The van der Waals surface area contributed by atoms with Crippen molar-refractivity contribution < 1.29 is 24.2 Å². The lowest BCUT2D eigenvalue weighted by Crippen LogP contribution is -2.56. The van der Waals surface area contributed by atoms with E-state index in [0.29, 0.717) is 24.2 Å². The van der Waals surface area contributed by atoms with E-state index in [1.165, 1.54) is 0 Å². The highest BCUT2D eigenvalue weighted by Gasteiger charge is 2.49. The number of methoxy groups -OCH3 is 1. The molecule has 2 N–H and O–H groups in total. The van der Waals surface area contributed by atoms with E-state index < -0.39 is 11.6 Å². The van der Waals surface area contributed by atoms with E-state index in [1.807, 2.05) is 24.3 Å². The number of fused-ring (bicyclic) bond motifs is 1. The van der Waals surface area contributed by atoms with Gasteiger partial charge in [0.2, 0.25) is 5.91 Å². The third kappa shape index (κ3) is 4.95. The first kappa shape index (κ1) is 24.2. The molecule has 0 radical (unpaired) electrons. The summed E-state index contributed by atoms with van der Waals surface area (Å²) >= 11 is 0. The lowest BCUT2D eigenvalue weighted by atomic mass is 9.66. The first-order valence-corrected chi connectivity index (χ1v) is 12.1. The van der Waals surface area contributed by atoms with E-state index in [4.69, 9.17) is 9.47 Å². The Hall–Kier alpha value is -2.90. The standard InChI is InChI=1S/C27H34N2O5/c1-3-34-26(31)19-10-4-6-13-22(19)28-24(30)18-29-17-16-27(32)15-9-8-12-21(27)25(29)20-11-5-7-14-23(20)33-2/h4-7,10-11,13-14,21,25,32H,3,8-9,12,15-18H2,1-2H3,(H,28,30)/t21-,25+,27-/m1/s1. The van der Waals surface area contributed by atoms with Crippen molar-refractivity contribution in [2.45, 2.75) is 50.7 Å². The predicted molar refractivity (Wildman–Crippen MR) is 130 cm³/mol. The molecule has 1 aliphatic heterocycles. The van der Waals surface area contributed by atoms with Crippen LogP contribution in [0.1, 0.15) is 61.0 Å². The summed E-state index contributed by atoms with van der Waals surface area (Å²) in [5.74, 6) is 0.111. The minimum absolute atomic E-state index is 0.0194. The van der Waals surface area contributed by atoms with Gasteiger partial charge in [-0.3, -0.25) is 9.69 Å². The van der Waals surface area contributed by atoms with E-state index in [2.05, 4.69) is 10.2 Å². The molecule has 2 aliphatic rings. The number of nitrogens with one attached hydrogen (secondary N) is 1. The van der Waals surface area contributed by atoms with Gasteiger partial charge < -0.3 is 19.9 Å². The van der Waals surface area contributed by atoms with E-state index in [0.717, 1.165) is 37.0 Å². The molecule has 1 amide bonds. The Labute approximate surface area is 201 Å². The van der Waals surface area contributed by atoms with Gasteiger partial charge in [0, 0.05) is 24.1 Å². The number of rotatable bonds is 7. The Morgan fingerprint density at radius 1 is 1.12 bits per heavy atom. The highest BCUT2D eigenvalue weighted by Crippen LogP contribution is 2.50. The molecule has 1 aliphatic carbocycles. The average Bonchev–Trinajstić information content (AvgIpc) is 2.84. The molecule has 0 unspecified atom stereocenters. The zero-order valence-corrected chi connectivity index (χ0v) is 20.0. The number of anilines is 1. The Morgan fingerprint density at radius 2 is 1.88 bits per heavy atom. The maximum Gasteiger partial charge on any atom is 0.340 e. The third-order valence-electron chi connectivity index (χ3n) is 7.17. The summed E-state index contributed by atoms with van der Waals surface area (Å²) in [4.78, 5) is 27.6. The van der Waals surface area contributed by atoms with Crippen molar-refractivity contribution in [3.63, 3.8) is 0 Å². The van der Waals surface area contributed by atoms with Gasteiger partial charge in [0.05, 0.1) is 37.1 Å². The molecular formula is C27H34N2O5. The number of para-hydroxylation sites is 2. The number of hydrogen-bond acceptors (Lipinski definition) is 6. The minimum atomic E-state index is -0.729. The van der Waals surface area contributed by atoms with Gasteiger partial charge in [0.15, 0.2) is 0 Å². The lowest BCUT2D eigenvalue weighted by molar-refractivity contribution is -0.135. The number of nitrogens with zero attached hydrogens (tertiary/aromatic N) is 1. The van der Waals surface area contributed by atoms with Gasteiger partial charge in [-0.1, -0.05) is 43.2 Å². The van der Waals surface area contributed by atoms with Crippen molar-refractivity contribution in [3.05, 3.63) is 59.7 Å². The van der Waals surface area contributed by atoms with Crippen LogP contribution in [0, 0.1) is 5.92 Å². The number of aliphatic hydroxyl groups is 1. The van der Waals surface area contributed by atoms with Crippen molar-refractivity contribution in [2.24, 2.45) is 5.92 Å². The number of esters is 1. The Bertz CT molecular complexity index is 1030. The highest BCUT2D eigenvalue weighted by molar-refractivity contribution is 6.01. The number of carbonyl (C=O) groups excluding carboxylic acids is 2. The summed E-state index contributed by atoms with van der Waals surface area (Å²) in [6.07, 6.45) is 4.41. The molecule has 0 spiro atoms. The predicted octanol–water partition coefficient (Wildman–Crippen LogP) is 4.18. The van der Waals surface area contributed by atoms with Crippen molar-refractivity contribution in [2.75, 3.05) is 32.1 Å². The van der Waals surface area contributed by atoms with Crippen LogP contribution in [0.3, 0.4) is 0 Å². The van der Waals surface area contributed by atoms with Crippen molar-refractivity contribution >= 4 is 17.6 Å². The van der Waals surface area contributed by atoms with Gasteiger partial charge in [-0.2, -0.15) is 0 Å².